The molecule has 0 spiro atoms. The van der Waals surface area contributed by atoms with Gasteiger partial charge in [0, 0.05) is 16.8 Å². The molecule has 2 radical (unpaired) electrons. The lowest BCUT2D eigenvalue weighted by Gasteiger charge is -2.04. The van der Waals surface area contributed by atoms with Crippen molar-refractivity contribution in [3.8, 4) is 0 Å². The molecule has 0 fully saturated rings. The zero-order chi connectivity index (χ0) is 11.5. The number of hydrogen-bond donors (Lipinski definition) is 1. The molecule has 2 aromatic carbocycles. The highest BCUT2D eigenvalue weighted by molar-refractivity contribution is 6.32. The van der Waals surface area contributed by atoms with Crippen LogP contribution in [0.4, 0.5) is 5.69 Å². The van der Waals surface area contributed by atoms with Gasteiger partial charge in [-0.1, -0.05) is 41.9 Å². The van der Waals surface area contributed by atoms with Crippen molar-refractivity contribution >= 4 is 24.8 Å². The van der Waals surface area contributed by atoms with E-state index in [0.29, 0.717) is 22.3 Å². The van der Waals surface area contributed by atoms with Gasteiger partial charge < -0.3 is 5.73 Å². The maximum Gasteiger partial charge on any atom is 0.195 e. The molecule has 2 aromatic rings. The van der Waals surface area contributed by atoms with Crippen molar-refractivity contribution in [1.29, 1.82) is 0 Å². The maximum atomic E-state index is 12.1. The Morgan fingerprint density at radius 2 is 1.62 bits per heavy atom. The van der Waals surface area contributed by atoms with Crippen LogP contribution in [0.5, 0.6) is 0 Å². The van der Waals surface area contributed by atoms with E-state index < -0.39 is 0 Å². The lowest BCUT2D eigenvalue weighted by Crippen LogP contribution is -2.07. The number of anilines is 1. The Morgan fingerprint density at radius 3 is 2.25 bits per heavy atom. The van der Waals surface area contributed by atoms with Crippen molar-refractivity contribution in [2.45, 2.75) is 0 Å². The molecule has 0 saturated carbocycles. The number of rotatable bonds is 2. The molecule has 0 saturated heterocycles. The van der Waals surface area contributed by atoms with Crippen LogP contribution in [-0.2, 0) is 0 Å². The minimum atomic E-state index is -0.0851. The fraction of sp³-hybridized carbons (Fsp3) is 0. The summed E-state index contributed by atoms with van der Waals surface area (Å²) in [4.78, 5) is 12.1. The Morgan fingerprint density at radius 1 is 1.00 bits per heavy atom. The topological polar surface area (TPSA) is 43.1 Å². The summed E-state index contributed by atoms with van der Waals surface area (Å²) in [6, 6.07) is 13.8. The van der Waals surface area contributed by atoms with Gasteiger partial charge in [-0.25, -0.2) is 0 Å². The highest BCUT2D eigenvalue weighted by Crippen LogP contribution is 2.15. The summed E-state index contributed by atoms with van der Waals surface area (Å²) in [6.07, 6.45) is 0. The van der Waals surface area contributed by atoms with Crippen molar-refractivity contribution in [3.63, 3.8) is 0 Å². The maximum absolute atomic E-state index is 12.1. The standard InChI is InChI=1S/C13H10BNO/c14-10-7-5-9(6-8-10)13(16)11-3-1-2-4-12(11)15/h1-8H,15H2. The van der Waals surface area contributed by atoms with Crippen LogP contribution in [0.3, 0.4) is 0 Å². The SMILES string of the molecule is [B]c1ccc(C(=O)c2ccccc2N)cc1. The summed E-state index contributed by atoms with van der Waals surface area (Å²) in [6.45, 7) is 0. The zero-order valence-electron chi connectivity index (χ0n) is 8.68. The van der Waals surface area contributed by atoms with Crippen LogP contribution in [0.15, 0.2) is 48.5 Å². The highest BCUT2D eigenvalue weighted by Gasteiger charge is 2.10. The van der Waals surface area contributed by atoms with Crippen LogP contribution in [0.1, 0.15) is 15.9 Å². The fourth-order valence-electron chi connectivity index (χ4n) is 1.49. The average molecular weight is 207 g/mol. The van der Waals surface area contributed by atoms with Gasteiger partial charge >= 0.3 is 0 Å². The summed E-state index contributed by atoms with van der Waals surface area (Å²) in [5.41, 5.74) is 7.98. The molecule has 76 valence electrons. The van der Waals surface area contributed by atoms with Gasteiger partial charge in [-0.3, -0.25) is 4.79 Å². The second-order valence-electron chi connectivity index (χ2n) is 3.54. The predicted octanol–water partition coefficient (Wildman–Crippen LogP) is 1.29. The molecular weight excluding hydrogens is 197 g/mol. The van der Waals surface area contributed by atoms with Gasteiger partial charge in [-0.2, -0.15) is 0 Å². The Hall–Kier alpha value is -2.03. The third-order valence-electron chi connectivity index (χ3n) is 2.38. The van der Waals surface area contributed by atoms with Gasteiger partial charge in [0.25, 0.3) is 0 Å². The number of carbonyl (C=O) groups excluding carboxylic acids is 1. The second-order valence-corrected chi connectivity index (χ2v) is 3.54. The average Bonchev–Trinajstić information content (AvgIpc) is 2.30. The normalized spacial score (nSPS) is 10.0. The quantitative estimate of drug-likeness (QED) is 0.458. The van der Waals surface area contributed by atoms with E-state index in [4.69, 9.17) is 13.6 Å². The largest absolute Gasteiger partial charge is 0.398 e. The third kappa shape index (κ3) is 1.98. The molecule has 0 amide bonds. The van der Waals surface area contributed by atoms with E-state index in [1.807, 2.05) is 0 Å². The first kappa shape index (κ1) is 10.5. The van der Waals surface area contributed by atoms with Crippen LogP contribution in [0.2, 0.25) is 0 Å². The fourth-order valence-corrected chi connectivity index (χ4v) is 1.49. The molecule has 0 atom stereocenters. The Balaban J connectivity index is 2.40. The molecule has 0 aromatic heterocycles. The summed E-state index contributed by atoms with van der Waals surface area (Å²) >= 11 is 0. The monoisotopic (exact) mass is 207 g/mol. The van der Waals surface area contributed by atoms with Gasteiger partial charge in [0.2, 0.25) is 0 Å². The van der Waals surface area contributed by atoms with Gasteiger partial charge in [-0.05, 0) is 12.1 Å². The van der Waals surface area contributed by atoms with Crippen molar-refractivity contribution in [2.24, 2.45) is 0 Å². The first-order valence-corrected chi connectivity index (χ1v) is 4.93. The number of para-hydroxylation sites is 1. The predicted molar refractivity (Wildman–Crippen MR) is 66.1 cm³/mol. The van der Waals surface area contributed by atoms with Crippen LogP contribution >= 0.6 is 0 Å². The van der Waals surface area contributed by atoms with Crippen molar-refractivity contribution in [3.05, 3.63) is 59.7 Å². The molecule has 0 aliphatic rings. The minimum Gasteiger partial charge on any atom is -0.398 e. The van der Waals surface area contributed by atoms with Gasteiger partial charge in [-0.15, -0.1) is 0 Å². The van der Waals surface area contributed by atoms with Gasteiger partial charge in [0.05, 0.1) is 0 Å². The summed E-state index contributed by atoms with van der Waals surface area (Å²) in [7, 11) is 5.56. The van der Waals surface area contributed by atoms with E-state index in [9.17, 15) is 4.79 Å². The van der Waals surface area contributed by atoms with Crippen molar-refractivity contribution in [2.75, 3.05) is 5.73 Å². The van der Waals surface area contributed by atoms with Crippen LogP contribution < -0.4 is 11.2 Å². The van der Waals surface area contributed by atoms with E-state index in [2.05, 4.69) is 0 Å². The zero-order valence-corrected chi connectivity index (χ0v) is 8.68. The Bertz CT molecular complexity index is 520. The molecular formula is C13H10BNO. The van der Waals surface area contributed by atoms with Crippen LogP contribution in [0, 0.1) is 0 Å². The molecule has 0 aliphatic carbocycles. The molecule has 0 heterocycles. The molecule has 0 unspecified atom stereocenters. The highest BCUT2D eigenvalue weighted by atomic mass is 16.1. The first-order chi connectivity index (χ1) is 7.68. The molecule has 3 heteroatoms. The second kappa shape index (κ2) is 4.23. The summed E-state index contributed by atoms with van der Waals surface area (Å²) < 4.78 is 0. The molecule has 16 heavy (non-hydrogen) atoms. The van der Waals surface area contributed by atoms with Gasteiger partial charge in [0.15, 0.2) is 5.78 Å². The number of nitrogen functional groups attached to an aromatic ring is 1. The smallest absolute Gasteiger partial charge is 0.195 e. The number of hydrogen-bond acceptors (Lipinski definition) is 2. The van der Waals surface area contributed by atoms with E-state index in [-0.39, 0.29) is 5.78 Å². The molecule has 0 bridgehead atoms. The number of carbonyl (C=O) groups is 1. The molecule has 2 N–H and O–H groups in total. The van der Waals surface area contributed by atoms with E-state index in [1.54, 1.807) is 48.5 Å². The number of nitrogens with two attached hydrogens (primary N) is 1. The molecule has 2 rings (SSSR count). The lowest BCUT2D eigenvalue weighted by atomic mass is 9.93. The summed E-state index contributed by atoms with van der Waals surface area (Å²) in [5.74, 6) is -0.0851. The van der Waals surface area contributed by atoms with Crippen molar-refractivity contribution in [1.82, 2.24) is 0 Å². The Kier molecular flexibility index (Phi) is 2.77. The third-order valence-corrected chi connectivity index (χ3v) is 2.38. The summed E-state index contributed by atoms with van der Waals surface area (Å²) in [5, 5.41) is 0. The van der Waals surface area contributed by atoms with Gasteiger partial charge in [0.1, 0.15) is 7.85 Å². The van der Waals surface area contributed by atoms with Crippen LogP contribution in [-0.4, -0.2) is 13.6 Å². The first-order valence-electron chi connectivity index (χ1n) is 4.93. The molecule has 2 nitrogen and oxygen atoms in total. The van der Waals surface area contributed by atoms with E-state index in [1.165, 1.54) is 0 Å². The van der Waals surface area contributed by atoms with Crippen LogP contribution in [0.25, 0.3) is 0 Å². The Labute approximate surface area is 95.5 Å². The number of benzene rings is 2. The lowest BCUT2D eigenvalue weighted by molar-refractivity contribution is 0.103. The van der Waals surface area contributed by atoms with E-state index >= 15 is 0 Å². The number of ketones is 1. The van der Waals surface area contributed by atoms with Crippen molar-refractivity contribution < 1.29 is 4.79 Å². The van der Waals surface area contributed by atoms with E-state index in [0.717, 1.165) is 0 Å². The minimum absolute atomic E-state index is 0.0851. The molecule has 0 aliphatic heterocycles.